The number of amides is 3. The standard InChI is InChI=1S/C17H31NO5.C12H23NO4.C11H21NO4.C6H12O2/c1-11(2)14(18(9)15(21)23-17(6,7)8)12(19)10-13(20)22-16(3,4)5;1-8(2)9(10(14)16-7)13(6)11(15)17-12(3,4)5;1-7(2)8(9(13)14)12(6)10(15)16-11(3,4)5;1-5(7)8-6(2,3)4/h11,14H,10H2,1-9H3;8-9H,1-7H3;7-8H,1-6H3,(H,13,14);1-4H3/t14-;9-;8-;/m000./s1. The lowest BCUT2D eigenvalue weighted by molar-refractivity contribution is -0.157. The van der Waals surface area contributed by atoms with E-state index in [4.69, 9.17) is 28.8 Å². The summed E-state index contributed by atoms with van der Waals surface area (Å²) in [4.78, 5) is 96.4. The molecule has 0 saturated heterocycles. The van der Waals surface area contributed by atoms with Gasteiger partial charge in [0.05, 0.1) is 13.2 Å². The molecule has 0 aromatic carbocycles. The molecule has 0 radical (unpaired) electrons. The molecule has 1 N–H and O–H groups in total. The summed E-state index contributed by atoms with van der Waals surface area (Å²) < 4.78 is 30.2. The molecule has 0 aliphatic carbocycles. The van der Waals surface area contributed by atoms with Crippen LogP contribution < -0.4 is 0 Å². The van der Waals surface area contributed by atoms with Crippen LogP contribution >= 0.6 is 0 Å². The zero-order chi connectivity index (χ0) is 52.3. The Morgan fingerprint density at radius 1 is 0.453 bits per heavy atom. The van der Waals surface area contributed by atoms with Crippen molar-refractivity contribution in [2.45, 2.75) is 205 Å². The molecule has 0 spiro atoms. The van der Waals surface area contributed by atoms with Crippen LogP contribution in [0.3, 0.4) is 0 Å². The first-order valence-corrected chi connectivity index (χ1v) is 21.3. The van der Waals surface area contributed by atoms with E-state index in [1.165, 1.54) is 45.0 Å². The maximum absolute atomic E-state index is 12.4. The van der Waals surface area contributed by atoms with Crippen molar-refractivity contribution in [3.63, 3.8) is 0 Å². The van der Waals surface area contributed by atoms with Crippen LogP contribution in [0, 0.1) is 17.8 Å². The van der Waals surface area contributed by atoms with Gasteiger partial charge in [-0.3, -0.25) is 24.2 Å². The zero-order valence-electron chi connectivity index (χ0n) is 44.2. The number of carbonyl (C=O) groups is 8. The molecule has 0 saturated carbocycles. The number of carboxylic acid groups (broad SMARTS) is 1. The van der Waals surface area contributed by atoms with Gasteiger partial charge < -0.3 is 38.4 Å². The van der Waals surface area contributed by atoms with E-state index >= 15 is 0 Å². The lowest BCUT2D eigenvalue weighted by atomic mass is 9.96. The van der Waals surface area contributed by atoms with Gasteiger partial charge in [0, 0.05) is 28.1 Å². The van der Waals surface area contributed by atoms with Crippen LogP contribution in [0.25, 0.3) is 0 Å². The summed E-state index contributed by atoms with van der Waals surface area (Å²) in [6.45, 7) is 38.8. The smallest absolute Gasteiger partial charge is 0.410 e. The summed E-state index contributed by atoms with van der Waals surface area (Å²) >= 11 is 0. The highest BCUT2D eigenvalue weighted by atomic mass is 16.6. The summed E-state index contributed by atoms with van der Waals surface area (Å²) in [5, 5.41) is 9.01. The highest BCUT2D eigenvalue weighted by Gasteiger charge is 2.36. The van der Waals surface area contributed by atoms with E-state index in [-0.39, 0.29) is 41.5 Å². The number of ether oxygens (including phenoxy) is 6. The Kier molecular flexibility index (Phi) is 28.5. The largest absolute Gasteiger partial charge is 0.480 e. The van der Waals surface area contributed by atoms with Crippen LogP contribution in [-0.4, -0.2) is 142 Å². The van der Waals surface area contributed by atoms with Crippen LogP contribution in [0.1, 0.15) is 159 Å². The third-order valence-corrected chi connectivity index (χ3v) is 7.40. The molecule has 0 aliphatic rings. The average molecular weight is 922 g/mol. The second-order valence-corrected chi connectivity index (χ2v) is 21.1. The SMILES string of the molecule is CC(=O)OC(C)(C)C.CC(C)[C@@H](C(=O)CC(=O)OC(C)(C)C)N(C)C(=O)OC(C)(C)C.CC(C)[C@@H](C(=O)O)N(C)C(=O)OC(C)(C)C.COC(=O)[C@H](C(C)C)N(C)C(=O)OC(C)(C)C. The van der Waals surface area contributed by atoms with Gasteiger partial charge in [-0.2, -0.15) is 0 Å². The number of likely N-dealkylation sites (N-methyl/N-ethyl adjacent to an activating group) is 3. The van der Waals surface area contributed by atoms with Gasteiger partial charge in [0.15, 0.2) is 5.78 Å². The summed E-state index contributed by atoms with van der Waals surface area (Å²) in [7, 11) is 5.79. The van der Waals surface area contributed by atoms with Crippen LogP contribution in [0.2, 0.25) is 0 Å². The number of hydrogen-bond acceptors (Lipinski definition) is 14. The third kappa shape index (κ3) is 33.0. The van der Waals surface area contributed by atoms with Crippen molar-refractivity contribution in [2.75, 3.05) is 28.3 Å². The van der Waals surface area contributed by atoms with Crippen LogP contribution in [-0.2, 0) is 52.4 Å². The molecule has 0 heterocycles. The first kappa shape index (κ1) is 66.0. The molecule has 3 atom stereocenters. The fourth-order valence-corrected chi connectivity index (χ4v) is 5.33. The molecule has 0 aromatic rings. The van der Waals surface area contributed by atoms with Gasteiger partial charge in [-0.05, 0) is 122 Å². The van der Waals surface area contributed by atoms with E-state index in [2.05, 4.69) is 4.74 Å². The Labute approximate surface area is 384 Å². The molecule has 0 aromatic heterocycles. The van der Waals surface area contributed by atoms with Gasteiger partial charge in [-0.15, -0.1) is 0 Å². The second-order valence-electron chi connectivity index (χ2n) is 21.1. The maximum Gasteiger partial charge on any atom is 0.410 e. The minimum absolute atomic E-state index is 0.0417. The van der Waals surface area contributed by atoms with E-state index < -0.39 is 76.7 Å². The molecule has 18 nitrogen and oxygen atoms in total. The molecule has 0 fully saturated rings. The zero-order valence-corrected chi connectivity index (χ0v) is 44.2. The van der Waals surface area contributed by atoms with Crippen molar-refractivity contribution in [3.05, 3.63) is 0 Å². The molecule has 0 rings (SSSR count). The molecule has 3 amide bonds. The Balaban J connectivity index is -0.000000394. The second kappa shape index (κ2) is 27.6. The number of carboxylic acids is 1. The monoisotopic (exact) mass is 922 g/mol. The number of ketones is 1. The fourth-order valence-electron chi connectivity index (χ4n) is 5.33. The van der Waals surface area contributed by atoms with Crippen molar-refractivity contribution in [3.8, 4) is 0 Å². The number of carbonyl (C=O) groups excluding carboxylic acids is 7. The minimum atomic E-state index is -1.02. The van der Waals surface area contributed by atoms with Gasteiger partial charge in [-0.1, -0.05) is 41.5 Å². The lowest BCUT2D eigenvalue weighted by Gasteiger charge is -2.32. The van der Waals surface area contributed by atoms with Gasteiger partial charge in [0.25, 0.3) is 0 Å². The minimum Gasteiger partial charge on any atom is -0.480 e. The van der Waals surface area contributed by atoms with Gasteiger partial charge in [-0.25, -0.2) is 24.0 Å². The summed E-state index contributed by atoms with van der Waals surface area (Å²) in [5.41, 5.74) is -2.83. The number of hydrogen-bond donors (Lipinski definition) is 1. The van der Waals surface area contributed by atoms with Gasteiger partial charge in [0.2, 0.25) is 0 Å². The van der Waals surface area contributed by atoms with Gasteiger partial charge in [0.1, 0.15) is 46.5 Å². The Morgan fingerprint density at radius 2 is 0.719 bits per heavy atom. The first-order valence-electron chi connectivity index (χ1n) is 21.3. The summed E-state index contributed by atoms with van der Waals surface area (Å²) in [5.74, 6) is -3.00. The van der Waals surface area contributed by atoms with E-state index in [0.717, 1.165) is 4.90 Å². The predicted molar refractivity (Wildman–Crippen MR) is 245 cm³/mol. The molecule has 64 heavy (non-hydrogen) atoms. The highest BCUT2D eigenvalue weighted by molar-refractivity contribution is 5.99. The van der Waals surface area contributed by atoms with E-state index in [0.29, 0.717) is 0 Å². The van der Waals surface area contributed by atoms with E-state index in [1.807, 2.05) is 48.5 Å². The van der Waals surface area contributed by atoms with Gasteiger partial charge >= 0.3 is 42.2 Å². The molecule has 0 bridgehead atoms. The summed E-state index contributed by atoms with van der Waals surface area (Å²) in [6, 6.07) is -2.23. The molecule has 0 aliphatic heterocycles. The molecular formula is C46H87N3O15. The van der Waals surface area contributed by atoms with Crippen molar-refractivity contribution >= 4 is 47.9 Å². The molecule has 0 unspecified atom stereocenters. The number of Topliss-reactive ketones (excluding diaryl/α,β-unsaturated/α-hetero) is 1. The molecular weight excluding hydrogens is 835 g/mol. The van der Waals surface area contributed by atoms with Crippen molar-refractivity contribution < 1.29 is 71.9 Å². The first-order chi connectivity index (χ1) is 28.2. The van der Waals surface area contributed by atoms with Crippen LogP contribution in [0.4, 0.5) is 14.4 Å². The van der Waals surface area contributed by atoms with E-state index in [1.54, 1.807) is 96.9 Å². The van der Waals surface area contributed by atoms with E-state index in [9.17, 15) is 38.4 Å². The van der Waals surface area contributed by atoms with Crippen molar-refractivity contribution in [1.29, 1.82) is 0 Å². The average Bonchev–Trinajstić information content (AvgIpc) is 3.00. The Hall–Kier alpha value is -4.64. The molecule has 18 heteroatoms. The number of nitrogens with zero attached hydrogens (tertiary/aromatic N) is 3. The fraction of sp³-hybridized carbons (Fsp3) is 0.826. The number of esters is 3. The summed E-state index contributed by atoms with van der Waals surface area (Å²) in [6.07, 6.45) is -2.10. The number of methoxy groups -OCH3 is 1. The third-order valence-electron chi connectivity index (χ3n) is 7.40. The predicted octanol–water partition coefficient (Wildman–Crippen LogP) is 8.54. The highest BCUT2D eigenvalue weighted by Crippen LogP contribution is 2.20. The van der Waals surface area contributed by atoms with Crippen LogP contribution in [0.5, 0.6) is 0 Å². The maximum atomic E-state index is 12.4. The van der Waals surface area contributed by atoms with Crippen molar-refractivity contribution in [1.82, 2.24) is 14.7 Å². The quantitative estimate of drug-likeness (QED) is 0.116. The lowest BCUT2D eigenvalue weighted by Crippen LogP contribution is -2.48. The Bertz CT molecular complexity index is 1510. The number of aliphatic carboxylic acids is 1. The number of rotatable bonds is 11. The van der Waals surface area contributed by atoms with Crippen LogP contribution in [0.15, 0.2) is 0 Å². The topological polar surface area (TPSA) is 222 Å². The molecule has 376 valence electrons. The Morgan fingerprint density at radius 3 is 0.922 bits per heavy atom. The van der Waals surface area contributed by atoms with Crippen molar-refractivity contribution in [2.24, 2.45) is 17.8 Å². The normalized spacial score (nSPS) is 13.1.